The molecule has 0 radical (unpaired) electrons. The Labute approximate surface area is 157 Å². The van der Waals surface area contributed by atoms with Gasteiger partial charge in [0.05, 0.1) is 0 Å². The van der Waals surface area contributed by atoms with Gasteiger partial charge < -0.3 is 10.4 Å². The maximum Gasteiger partial charge on any atom is 0.267 e. The maximum atomic E-state index is 12.4. The minimum Gasteiger partial charge on any atom is -0.381 e. The molecule has 4 N–H and O–H groups in total. The molecule has 0 saturated carbocycles. The van der Waals surface area contributed by atoms with E-state index in [-0.39, 0.29) is 0 Å². The molecule has 1 rings (SSSR count). The molecule has 0 heterocycles. The smallest absolute Gasteiger partial charge is 0.267 e. The van der Waals surface area contributed by atoms with Crippen molar-refractivity contribution in [3.05, 3.63) is 35.4 Å². The predicted molar refractivity (Wildman–Crippen MR) is 102 cm³/mol. The Hall–Kier alpha value is -2.45. The summed E-state index contributed by atoms with van der Waals surface area (Å²) in [6.45, 7) is 5.14. The van der Waals surface area contributed by atoms with Crippen LogP contribution in [0.2, 0.25) is 0 Å². The van der Waals surface area contributed by atoms with Gasteiger partial charge in [0.1, 0.15) is 12.1 Å². The zero-order valence-electron chi connectivity index (χ0n) is 15.1. The van der Waals surface area contributed by atoms with E-state index in [9.17, 15) is 9.59 Å². The number of hydrogen-bond donors (Lipinski definition) is 4. The van der Waals surface area contributed by atoms with E-state index in [1.807, 2.05) is 6.26 Å². The molecule has 2 atom stereocenters. The third-order valence-electron chi connectivity index (χ3n) is 3.57. The number of aliphatic hydroxyl groups excluding tert-OH is 1. The van der Waals surface area contributed by atoms with Gasteiger partial charge in [-0.25, -0.2) is 5.48 Å². The number of rotatable bonds is 5. The summed E-state index contributed by atoms with van der Waals surface area (Å²) in [4.78, 5) is 24.3. The summed E-state index contributed by atoms with van der Waals surface area (Å²) >= 11 is 1.40. The molecule has 0 spiro atoms. The standard InChI is InChI=1S/C19H22N2O4S/c1-13(22)7-5-6-8-14-9-11-15(12-10-14)17(23)20-16(18(24)21-25)19(2,3)26-4/h9-13,16,22,25H,1-4H3,(H,20,23)(H,21,24). The first-order chi connectivity index (χ1) is 12.2. The van der Waals surface area contributed by atoms with Crippen LogP contribution in [0.4, 0.5) is 0 Å². The van der Waals surface area contributed by atoms with Crippen LogP contribution in [0.15, 0.2) is 24.3 Å². The minimum absolute atomic E-state index is 0.359. The van der Waals surface area contributed by atoms with E-state index in [1.54, 1.807) is 50.5 Å². The molecule has 0 aliphatic carbocycles. The average molecular weight is 374 g/mol. The van der Waals surface area contributed by atoms with Crippen LogP contribution in [0.1, 0.15) is 36.7 Å². The number of hydroxylamine groups is 1. The lowest BCUT2D eigenvalue weighted by molar-refractivity contribution is -0.131. The summed E-state index contributed by atoms with van der Waals surface area (Å²) in [5, 5.41) is 20.6. The van der Waals surface area contributed by atoms with Gasteiger partial charge in [-0.05, 0) is 63.1 Å². The van der Waals surface area contributed by atoms with Gasteiger partial charge in [0, 0.05) is 15.9 Å². The number of aliphatic hydroxyl groups is 1. The fourth-order valence-corrected chi connectivity index (χ4v) is 2.30. The summed E-state index contributed by atoms with van der Waals surface area (Å²) in [5.74, 6) is 9.33. The lowest BCUT2D eigenvalue weighted by Gasteiger charge is -2.31. The summed E-state index contributed by atoms with van der Waals surface area (Å²) in [5.41, 5.74) is 2.61. The van der Waals surface area contributed by atoms with Crippen LogP contribution in [-0.2, 0) is 4.79 Å². The van der Waals surface area contributed by atoms with Crippen molar-refractivity contribution in [2.24, 2.45) is 0 Å². The highest BCUT2D eigenvalue weighted by Crippen LogP contribution is 2.26. The molecule has 1 aromatic carbocycles. The number of nitrogens with one attached hydrogen (secondary N) is 2. The van der Waals surface area contributed by atoms with Crippen LogP contribution in [-0.4, -0.2) is 45.3 Å². The topological polar surface area (TPSA) is 98.7 Å². The molecule has 6 nitrogen and oxygen atoms in total. The van der Waals surface area contributed by atoms with Crippen molar-refractivity contribution < 1.29 is 19.9 Å². The third kappa shape index (κ3) is 6.45. The maximum absolute atomic E-state index is 12.4. The Morgan fingerprint density at radius 1 is 1.19 bits per heavy atom. The van der Waals surface area contributed by atoms with E-state index in [1.165, 1.54) is 11.8 Å². The van der Waals surface area contributed by atoms with E-state index in [4.69, 9.17) is 10.3 Å². The third-order valence-corrected chi connectivity index (χ3v) is 4.85. The highest BCUT2D eigenvalue weighted by molar-refractivity contribution is 8.00. The largest absolute Gasteiger partial charge is 0.381 e. The summed E-state index contributed by atoms with van der Waals surface area (Å²) in [6.07, 6.45) is 1.09. The molecular formula is C19H22N2O4S. The highest BCUT2D eigenvalue weighted by atomic mass is 32.2. The van der Waals surface area contributed by atoms with E-state index < -0.39 is 28.7 Å². The predicted octanol–water partition coefficient (Wildman–Crippen LogP) is 1.17. The van der Waals surface area contributed by atoms with Crippen LogP contribution in [0.3, 0.4) is 0 Å². The number of carbonyl (C=O) groups excluding carboxylic acids is 2. The summed E-state index contributed by atoms with van der Waals surface area (Å²) < 4.78 is -0.615. The lowest BCUT2D eigenvalue weighted by Crippen LogP contribution is -2.55. The van der Waals surface area contributed by atoms with Crippen LogP contribution in [0, 0.1) is 23.7 Å². The van der Waals surface area contributed by atoms with Crippen LogP contribution in [0.5, 0.6) is 0 Å². The van der Waals surface area contributed by atoms with Crippen molar-refractivity contribution in [2.45, 2.75) is 37.7 Å². The van der Waals surface area contributed by atoms with Gasteiger partial charge in [-0.2, -0.15) is 11.8 Å². The first-order valence-electron chi connectivity index (χ1n) is 7.81. The number of hydrogen-bond acceptors (Lipinski definition) is 5. The van der Waals surface area contributed by atoms with E-state index in [0.717, 1.165) is 0 Å². The highest BCUT2D eigenvalue weighted by Gasteiger charge is 2.36. The number of amides is 2. The normalized spacial score (nSPS) is 12.5. The second-order valence-electron chi connectivity index (χ2n) is 5.96. The molecular weight excluding hydrogens is 352 g/mol. The first-order valence-corrected chi connectivity index (χ1v) is 9.03. The Kier molecular flexibility index (Phi) is 8.21. The van der Waals surface area contributed by atoms with Crippen molar-refractivity contribution in [3.8, 4) is 23.7 Å². The molecule has 0 fully saturated rings. The van der Waals surface area contributed by atoms with Gasteiger partial charge in [0.2, 0.25) is 0 Å². The zero-order chi connectivity index (χ0) is 19.7. The minimum atomic E-state index is -0.912. The van der Waals surface area contributed by atoms with Gasteiger partial charge in [0.25, 0.3) is 11.8 Å². The molecule has 0 aromatic heterocycles. The number of benzene rings is 1. The fraction of sp³-hybridized carbons (Fsp3) is 0.368. The molecule has 2 amide bonds. The molecule has 138 valence electrons. The van der Waals surface area contributed by atoms with Gasteiger partial charge in [-0.15, -0.1) is 0 Å². The molecule has 2 unspecified atom stereocenters. The lowest BCUT2D eigenvalue weighted by atomic mass is 10.0. The van der Waals surface area contributed by atoms with Gasteiger partial charge in [-0.1, -0.05) is 11.8 Å². The Morgan fingerprint density at radius 3 is 2.31 bits per heavy atom. The van der Waals surface area contributed by atoms with Gasteiger partial charge in [0.15, 0.2) is 0 Å². The van der Waals surface area contributed by atoms with Crippen LogP contribution >= 0.6 is 11.8 Å². The fourth-order valence-electron chi connectivity index (χ4n) is 1.90. The Bertz CT molecular complexity index is 765. The second kappa shape index (κ2) is 9.88. The van der Waals surface area contributed by atoms with E-state index >= 15 is 0 Å². The Morgan fingerprint density at radius 2 is 1.81 bits per heavy atom. The van der Waals surface area contributed by atoms with E-state index in [2.05, 4.69) is 29.0 Å². The molecule has 0 bridgehead atoms. The number of thioether (sulfide) groups is 1. The van der Waals surface area contributed by atoms with Crippen molar-refractivity contribution in [3.63, 3.8) is 0 Å². The van der Waals surface area contributed by atoms with E-state index in [0.29, 0.717) is 11.1 Å². The molecule has 0 aliphatic rings. The van der Waals surface area contributed by atoms with Crippen molar-refractivity contribution in [1.82, 2.24) is 10.8 Å². The second-order valence-corrected chi connectivity index (χ2v) is 7.42. The van der Waals surface area contributed by atoms with Crippen molar-refractivity contribution in [2.75, 3.05) is 6.26 Å². The van der Waals surface area contributed by atoms with Crippen molar-refractivity contribution >= 4 is 23.6 Å². The van der Waals surface area contributed by atoms with Gasteiger partial charge >= 0.3 is 0 Å². The van der Waals surface area contributed by atoms with Gasteiger partial charge in [-0.3, -0.25) is 14.8 Å². The number of carbonyl (C=O) groups is 2. The quantitative estimate of drug-likeness (QED) is 0.352. The van der Waals surface area contributed by atoms with Crippen LogP contribution < -0.4 is 10.8 Å². The van der Waals surface area contributed by atoms with Crippen molar-refractivity contribution in [1.29, 1.82) is 0 Å². The zero-order valence-corrected chi connectivity index (χ0v) is 15.9. The molecule has 26 heavy (non-hydrogen) atoms. The first kappa shape index (κ1) is 21.6. The molecule has 0 saturated heterocycles. The summed E-state index contributed by atoms with van der Waals surface area (Å²) in [6, 6.07) is 5.58. The molecule has 0 aliphatic heterocycles. The molecule has 1 aromatic rings. The molecule has 7 heteroatoms. The SMILES string of the molecule is CSC(C)(C)C(NC(=O)c1ccc(C#CC#CC(C)O)cc1)C(=O)NO. The van der Waals surface area contributed by atoms with Crippen LogP contribution in [0.25, 0.3) is 0 Å². The summed E-state index contributed by atoms with van der Waals surface area (Å²) in [7, 11) is 0. The monoisotopic (exact) mass is 374 g/mol. The Balaban J connectivity index is 2.90. The average Bonchev–Trinajstić information content (AvgIpc) is 2.62.